The summed E-state index contributed by atoms with van der Waals surface area (Å²) < 4.78 is 17.0. The number of hydrogen-bond donors (Lipinski definition) is 1. The Morgan fingerprint density at radius 2 is 1.84 bits per heavy atom. The lowest BCUT2D eigenvalue weighted by Crippen LogP contribution is -2.47. The van der Waals surface area contributed by atoms with Crippen molar-refractivity contribution in [1.29, 1.82) is 0 Å². The zero-order valence-electron chi connectivity index (χ0n) is 17.0. The second-order valence-electron chi connectivity index (χ2n) is 7.35. The molecular formula is C24H20N2O5. The second kappa shape index (κ2) is 7.36. The average Bonchev–Trinajstić information content (AvgIpc) is 3.13. The molecule has 1 aliphatic rings. The molecule has 1 aliphatic heterocycles. The van der Waals surface area contributed by atoms with Crippen molar-refractivity contribution in [3.05, 3.63) is 60.7 Å². The SMILES string of the molecule is COc1cc2c(cc1NC(=O)CN1C(=O)C(C)Oc3ccccc31)oc1ccccc12. The largest absolute Gasteiger partial charge is 0.495 e. The number of nitrogens with zero attached hydrogens (tertiary/aromatic N) is 1. The highest BCUT2D eigenvalue weighted by Gasteiger charge is 2.32. The van der Waals surface area contributed by atoms with Crippen molar-refractivity contribution in [3.63, 3.8) is 0 Å². The van der Waals surface area contributed by atoms with Crippen molar-refractivity contribution >= 4 is 45.1 Å². The first kappa shape index (κ1) is 19.0. The van der Waals surface area contributed by atoms with Crippen LogP contribution in [-0.4, -0.2) is 31.6 Å². The summed E-state index contributed by atoms with van der Waals surface area (Å²) in [5, 5.41) is 4.72. The highest BCUT2D eigenvalue weighted by Crippen LogP contribution is 2.37. The molecule has 3 aromatic carbocycles. The molecule has 0 bridgehead atoms. The van der Waals surface area contributed by atoms with E-state index in [4.69, 9.17) is 13.9 Å². The van der Waals surface area contributed by atoms with E-state index in [9.17, 15) is 9.59 Å². The second-order valence-corrected chi connectivity index (χ2v) is 7.35. The van der Waals surface area contributed by atoms with Crippen LogP contribution in [0.15, 0.2) is 65.1 Å². The predicted octanol–water partition coefficient (Wildman–Crippen LogP) is 4.35. The number of nitrogens with one attached hydrogen (secondary N) is 1. The lowest BCUT2D eigenvalue weighted by atomic mass is 10.1. The number of benzene rings is 3. The summed E-state index contributed by atoms with van der Waals surface area (Å²) in [6.07, 6.45) is -0.663. The Bertz CT molecular complexity index is 1330. The smallest absolute Gasteiger partial charge is 0.268 e. The standard InChI is InChI=1S/C24H20N2O5/c1-14-24(28)26(18-8-4-6-10-20(18)30-14)13-23(27)25-17-12-21-16(11-22(17)29-2)15-7-3-5-9-19(15)31-21/h3-12,14H,13H2,1-2H3,(H,25,27). The van der Waals surface area contributed by atoms with E-state index in [1.807, 2.05) is 36.4 Å². The first-order valence-electron chi connectivity index (χ1n) is 9.91. The summed E-state index contributed by atoms with van der Waals surface area (Å²) in [4.78, 5) is 27.0. The van der Waals surface area contributed by atoms with Gasteiger partial charge in [-0.05, 0) is 31.2 Å². The maximum Gasteiger partial charge on any atom is 0.268 e. The molecule has 0 radical (unpaired) electrons. The molecule has 1 aromatic heterocycles. The van der Waals surface area contributed by atoms with Crippen LogP contribution in [-0.2, 0) is 9.59 Å². The topological polar surface area (TPSA) is 81.0 Å². The van der Waals surface area contributed by atoms with Crippen LogP contribution in [0, 0.1) is 0 Å². The summed E-state index contributed by atoms with van der Waals surface area (Å²) >= 11 is 0. The Balaban J connectivity index is 1.45. The molecule has 7 heteroatoms. The van der Waals surface area contributed by atoms with E-state index in [1.165, 1.54) is 4.90 Å². The van der Waals surface area contributed by atoms with Gasteiger partial charge >= 0.3 is 0 Å². The summed E-state index contributed by atoms with van der Waals surface area (Å²) in [5.41, 5.74) is 2.44. The zero-order chi connectivity index (χ0) is 21.5. The number of amides is 2. The molecule has 0 fully saturated rings. The lowest BCUT2D eigenvalue weighted by Gasteiger charge is -2.32. The Hall–Kier alpha value is -4.00. The van der Waals surface area contributed by atoms with Crippen molar-refractivity contribution in [2.24, 2.45) is 0 Å². The van der Waals surface area contributed by atoms with Crippen LogP contribution in [0.4, 0.5) is 11.4 Å². The van der Waals surface area contributed by atoms with E-state index < -0.39 is 6.10 Å². The van der Waals surface area contributed by atoms with Gasteiger partial charge in [0.25, 0.3) is 5.91 Å². The number of rotatable bonds is 4. The van der Waals surface area contributed by atoms with Crippen LogP contribution in [0.2, 0.25) is 0 Å². The number of hydrogen-bond acceptors (Lipinski definition) is 5. The maximum absolute atomic E-state index is 12.9. The van der Waals surface area contributed by atoms with Crippen molar-refractivity contribution in [3.8, 4) is 11.5 Å². The maximum atomic E-state index is 12.9. The number of carbonyl (C=O) groups excluding carboxylic acids is 2. The van der Waals surface area contributed by atoms with E-state index in [0.29, 0.717) is 28.5 Å². The molecule has 4 aromatic rings. The van der Waals surface area contributed by atoms with Gasteiger partial charge in [-0.1, -0.05) is 30.3 Å². The fraction of sp³-hybridized carbons (Fsp3) is 0.167. The molecule has 5 rings (SSSR count). The van der Waals surface area contributed by atoms with Crippen molar-refractivity contribution in [2.45, 2.75) is 13.0 Å². The number of fused-ring (bicyclic) bond motifs is 4. The number of para-hydroxylation sites is 3. The minimum Gasteiger partial charge on any atom is -0.495 e. The summed E-state index contributed by atoms with van der Waals surface area (Å²) in [6, 6.07) is 18.5. The highest BCUT2D eigenvalue weighted by atomic mass is 16.5. The molecular weight excluding hydrogens is 396 g/mol. The number of anilines is 2. The summed E-state index contributed by atoms with van der Waals surface area (Å²) in [6.45, 7) is 1.52. The number of furan rings is 1. The Kier molecular flexibility index (Phi) is 4.51. The van der Waals surface area contributed by atoms with Crippen molar-refractivity contribution in [2.75, 3.05) is 23.9 Å². The van der Waals surface area contributed by atoms with E-state index in [0.717, 1.165) is 16.4 Å². The van der Waals surface area contributed by atoms with Crippen LogP contribution in [0.5, 0.6) is 11.5 Å². The van der Waals surface area contributed by atoms with Crippen LogP contribution in [0.3, 0.4) is 0 Å². The van der Waals surface area contributed by atoms with Gasteiger partial charge in [0.1, 0.15) is 29.2 Å². The average molecular weight is 416 g/mol. The van der Waals surface area contributed by atoms with Gasteiger partial charge in [0.15, 0.2) is 6.10 Å². The molecule has 0 saturated carbocycles. The van der Waals surface area contributed by atoms with Crippen molar-refractivity contribution in [1.82, 2.24) is 0 Å². The third-order valence-corrected chi connectivity index (χ3v) is 5.35. The predicted molar refractivity (Wildman–Crippen MR) is 118 cm³/mol. The van der Waals surface area contributed by atoms with Crippen LogP contribution >= 0.6 is 0 Å². The van der Waals surface area contributed by atoms with Crippen LogP contribution in [0.25, 0.3) is 21.9 Å². The molecule has 0 aliphatic carbocycles. The van der Waals surface area contributed by atoms with E-state index in [-0.39, 0.29) is 18.4 Å². The lowest BCUT2D eigenvalue weighted by molar-refractivity contribution is -0.127. The fourth-order valence-electron chi connectivity index (χ4n) is 3.87. The quantitative estimate of drug-likeness (QED) is 0.535. The number of carbonyl (C=O) groups is 2. The summed E-state index contributed by atoms with van der Waals surface area (Å²) in [5.74, 6) is 0.456. The van der Waals surface area contributed by atoms with Crippen LogP contribution < -0.4 is 19.7 Å². The van der Waals surface area contributed by atoms with Gasteiger partial charge in [0, 0.05) is 16.8 Å². The van der Waals surface area contributed by atoms with Gasteiger partial charge in [-0.3, -0.25) is 14.5 Å². The van der Waals surface area contributed by atoms with Gasteiger partial charge in [0.2, 0.25) is 5.91 Å². The molecule has 31 heavy (non-hydrogen) atoms. The van der Waals surface area contributed by atoms with E-state index in [1.54, 1.807) is 38.3 Å². The third-order valence-electron chi connectivity index (χ3n) is 5.35. The molecule has 156 valence electrons. The molecule has 7 nitrogen and oxygen atoms in total. The molecule has 1 unspecified atom stereocenters. The zero-order valence-corrected chi connectivity index (χ0v) is 17.0. The van der Waals surface area contributed by atoms with Gasteiger partial charge in [-0.15, -0.1) is 0 Å². The van der Waals surface area contributed by atoms with E-state index in [2.05, 4.69) is 5.32 Å². The molecule has 2 amide bonds. The molecule has 2 heterocycles. The third kappa shape index (κ3) is 3.24. The van der Waals surface area contributed by atoms with Gasteiger partial charge in [-0.2, -0.15) is 0 Å². The normalized spacial score (nSPS) is 15.6. The Morgan fingerprint density at radius 1 is 1.06 bits per heavy atom. The first-order chi connectivity index (χ1) is 15.0. The number of methoxy groups -OCH3 is 1. The van der Waals surface area contributed by atoms with Gasteiger partial charge in [0.05, 0.1) is 18.5 Å². The first-order valence-corrected chi connectivity index (χ1v) is 9.91. The monoisotopic (exact) mass is 416 g/mol. The van der Waals surface area contributed by atoms with Gasteiger partial charge < -0.3 is 19.2 Å². The highest BCUT2D eigenvalue weighted by molar-refractivity contribution is 6.09. The summed E-state index contributed by atoms with van der Waals surface area (Å²) in [7, 11) is 1.54. The number of ether oxygens (including phenoxy) is 2. The van der Waals surface area contributed by atoms with Gasteiger partial charge in [-0.25, -0.2) is 0 Å². The van der Waals surface area contributed by atoms with Crippen LogP contribution in [0.1, 0.15) is 6.92 Å². The molecule has 1 atom stereocenters. The Labute approximate surface area is 178 Å². The fourth-order valence-corrected chi connectivity index (χ4v) is 3.87. The minimum atomic E-state index is -0.663. The van der Waals surface area contributed by atoms with E-state index >= 15 is 0 Å². The molecule has 0 spiro atoms. The Morgan fingerprint density at radius 3 is 2.68 bits per heavy atom. The minimum absolute atomic E-state index is 0.148. The molecule has 0 saturated heterocycles. The molecule has 1 N–H and O–H groups in total. The van der Waals surface area contributed by atoms with Crippen molar-refractivity contribution < 1.29 is 23.5 Å².